The summed E-state index contributed by atoms with van der Waals surface area (Å²) in [6.45, 7) is 3.91. The Balaban J connectivity index is 2.42. The summed E-state index contributed by atoms with van der Waals surface area (Å²) in [5.74, 6) is -0.475. The smallest absolute Gasteiger partial charge is 0.340 e. The Labute approximate surface area is 125 Å². The van der Waals surface area contributed by atoms with Gasteiger partial charge in [0.25, 0.3) is 0 Å². The first-order chi connectivity index (χ1) is 9.51. The first-order valence-corrected chi connectivity index (χ1v) is 7.22. The molecule has 0 aliphatic rings. The average molecular weight is 312 g/mol. The maximum Gasteiger partial charge on any atom is 0.340 e. The number of nitrogen functional groups attached to an aromatic ring is 1. The third kappa shape index (κ3) is 3.20. The van der Waals surface area contributed by atoms with Crippen molar-refractivity contribution in [3.63, 3.8) is 0 Å². The highest BCUT2D eigenvalue weighted by molar-refractivity contribution is 7.13. The van der Waals surface area contributed by atoms with Gasteiger partial charge in [-0.25, -0.2) is 9.78 Å². The predicted molar refractivity (Wildman–Crippen MR) is 82.0 cm³/mol. The van der Waals surface area contributed by atoms with E-state index in [0.29, 0.717) is 27.1 Å². The van der Waals surface area contributed by atoms with E-state index < -0.39 is 5.97 Å². The maximum atomic E-state index is 12.0. The van der Waals surface area contributed by atoms with Crippen LogP contribution in [0.1, 0.15) is 23.0 Å². The second-order valence-corrected chi connectivity index (χ2v) is 5.33. The molecule has 0 aliphatic carbocycles. The number of anilines is 3. The van der Waals surface area contributed by atoms with Crippen LogP contribution >= 0.6 is 22.9 Å². The standard InChI is InChI=1S/C13H14ClN3O2S/c1-3-19-12(18)9-4-8(15)5-10(14)11(9)17-13-16-7(2)6-20-13/h4-6H,3,15H2,1-2H3,(H,16,17). The molecule has 3 N–H and O–H groups in total. The molecule has 0 saturated heterocycles. The average Bonchev–Trinajstić information content (AvgIpc) is 2.78. The van der Waals surface area contributed by atoms with Gasteiger partial charge in [-0.05, 0) is 26.0 Å². The predicted octanol–water partition coefficient (Wildman–Crippen LogP) is 3.61. The van der Waals surface area contributed by atoms with E-state index in [1.165, 1.54) is 17.4 Å². The van der Waals surface area contributed by atoms with Crippen molar-refractivity contribution in [3.05, 3.63) is 33.8 Å². The van der Waals surface area contributed by atoms with Gasteiger partial charge in [0.2, 0.25) is 0 Å². The maximum absolute atomic E-state index is 12.0. The number of aromatic nitrogens is 1. The number of nitrogens with two attached hydrogens (primary N) is 1. The lowest BCUT2D eigenvalue weighted by atomic mass is 10.1. The summed E-state index contributed by atoms with van der Waals surface area (Å²) >= 11 is 7.59. The zero-order valence-corrected chi connectivity index (χ0v) is 12.6. The van der Waals surface area contributed by atoms with Crippen molar-refractivity contribution in [2.24, 2.45) is 0 Å². The van der Waals surface area contributed by atoms with Crippen LogP contribution in [-0.4, -0.2) is 17.6 Å². The van der Waals surface area contributed by atoms with Crippen molar-refractivity contribution >= 4 is 45.4 Å². The van der Waals surface area contributed by atoms with Crippen LogP contribution in [-0.2, 0) is 4.74 Å². The van der Waals surface area contributed by atoms with Crippen LogP contribution in [0.25, 0.3) is 0 Å². The molecule has 0 saturated carbocycles. The van der Waals surface area contributed by atoms with E-state index in [-0.39, 0.29) is 6.61 Å². The quantitative estimate of drug-likeness (QED) is 0.666. The van der Waals surface area contributed by atoms with E-state index >= 15 is 0 Å². The summed E-state index contributed by atoms with van der Waals surface area (Å²) in [7, 11) is 0. The molecule has 106 valence electrons. The summed E-state index contributed by atoms with van der Waals surface area (Å²) in [6.07, 6.45) is 0. The minimum Gasteiger partial charge on any atom is -0.462 e. The third-order valence-corrected chi connectivity index (χ3v) is 3.63. The van der Waals surface area contributed by atoms with Gasteiger partial charge in [0, 0.05) is 11.1 Å². The third-order valence-electron chi connectivity index (χ3n) is 2.46. The molecule has 2 rings (SSSR count). The van der Waals surface area contributed by atoms with Crippen LogP contribution in [0.2, 0.25) is 5.02 Å². The second-order valence-electron chi connectivity index (χ2n) is 4.06. The van der Waals surface area contributed by atoms with E-state index in [1.807, 2.05) is 12.3 Å². The Hall–Kier alpha value is -1.79. The normalized spacial score (nSPS) is 10.3. The van der Waals surface area contributed by atoms with Crippen molar-refractivity contribution in [1.29, 1.82) is 0 Å². The molecule has 0 bridgehead atoms. The van der Waals surface area contributed by atoms with E-state index in [2.05, 4.69) is 10.3 Å². The highest BCUT2D eigenvalue weighted by Crippen LogP contribution is 2.33. The van der Waals surface area contributed by atoms with Crippen molar-refractivity contribution in [3.8, 4) is 0 Å². The fourth-order valence-corrected chi connectivity index (χ4v) is 2.61. The molecular formula is C13H14ClN3O2S. The van der Waals surface area contributed by atoms with Gasteiger partial charge in [-0.1, -0.05) is 11.6 Å². The molecule has 7 heteroatoms. The van der Waals surface area contributed by atoms with Crippen LogP contribution < -0.4 is 11.1 Å². The number of hydrogen-bond acceptors (Lipinski definition) is 6. The number of carbonyl (C=O) groups excluding carboxylic acids is 1. The lowest BCUT2D eigenvalue weighted by Gasteiger charge is -2.12. The first kappa shape index (κ1) is 14.6. The van der Waals surface area contributed by atoms with E-state index in [9.17, 15) is 4.79 Å². The van der Waals surface area contributed by atoms with E-state index in [1.54, 1.807) is 13.0 Å². The Bertz CT molecular complexity index is 643. The van der Waals surface area contributed by atoms with Crippen molar-refractivity contribution < 1.29 is 9.53 Å². The summed E-state index contributed by atoms with van der Waals surface area (Å²) in [5.41, 5.74) is 7.77. The van der Waals surface area contributed by atoms with Gasteiger partial charge >= 0.3 is 5.97 Å². The number of ether oxygens (including phenoxy) is 1. The Morgan fingerprint density at radius 2 is 2.30 bits per heavy atom. The SMILES string of the molecule is CCOC(=O)c1cc(N)cc(Cl)c1Nc1nc(C)cs1. The molecule has 0 spiro atoms. The summed E-state index contributed by atoms with van der Waals surface area (Å²) in [5, 5.41) is 5.95. The number of carbonyl (C=O) groups is 1. The number of aryl methyl sites for hydroxylation is 1. The van der Waals surface area contributed by atoms with Gasteiger partial charge in [0.15, 0.2) is 5.13 Å². The highest BCUT2D eigenvalue weighted by atomic mass is 35.5. The van der Waals surface area contributed by atoms with Gasteiger partial charge in [0.05, 0.1) is 28.6 Å². The molecule has 0 aliphatic heterocycles. The monoisotopic (exact) mass is 311 g/mol. The number of halogens is 1. The number of benzene rings is 1. The Morgan fingerprint density at radius 1 is 1.55 bits per heavy atom. The summed E-state index contributed by atoms with van der Waals surface area (Å²) < 4.78 is 5.01. The summed E-state index contributed by atoms with van der Waals surface area (Å²) in [4.78, 5) is 16.3. The molecular weight excluding hydrogens is 298 g/mol. The zero-order chi connectivity index (χ0) is 14.7. The first-order valence-electron chi connectivity index (χ1n) is 5.96. The minimum absolute atomic E-state index is 0.279. The Morgan fingerprint density at radius 3 is 2.90 bits per heavy atom. The number of thiazole rings is 1. The molecule has 0 unspecified atom stereocenters. The number of nitrogens with one attached hydrogen (secondary N) is 1. The fraction of sp³-hybridized carbons (Fsp3) is 0.231. The van der Waals surface area contributed by atoms with Crippen LogP contribution in [0.15, 0.2) is 17.5 Å². The van der Waals surface area contributed by atoms with Crippen LogP contribution in [0.4, 0.5) is 16.5 Å². The molecule has 20 heavy (non-hydrogen) atoms. The molecule has 1 aromatic carbocycles. The molecule has 0 fully saturated rings. The Kier molecular flexibility index (Phi) is 4.46. The largest absolute Gasteiger partial charge is 0.462 e. The van der Waals surface area contributed by atoms with Gasteiger partial charge in [0.1, 0.15) is 0 Å². The highest BCUT2D eigenvalue weighted by Gasteiger charge is 2.17. The van der Waals surface area contributed by atoms with Crippen molar-refractivity contribution in [2.45, 2.75) is 13.8 Å². The van der Waals surface area contributed by atoms with Crippen LogP contribution in [0.5, 0.6) is 0 Å². The lowest BCUT2D eigenvalue weighted by Crippen LogP contribution is -2.09. The minimum atomic E-state index is -0.475. The van der Waals surface area contributed by atoms with Crippen LogP contribution in [0, 0.1) is 6.92 Å². The van der Waals surface area contributed by atoms with Gasteiger partial charge in [-0.2, -0.15) is 0 Å². The molecule has 0 radical (unpaired) electrons. The number of nitrogens with zero attached hydrogens (tertiary/aromatic N) is 1. The molecule has 1 heterocycles. The number of rotatable bonds is 4. The summed E-state index contributed by atoms with van der Waals surface area (Å²) in [6, 6.07) is 3.11. The van der Waals surface area contributed by atoms with Gasteiger partial charge in [-0.15, -0.1) is 11.3 Å². The van der Waals surface area contributed by atoms with E-state index in [0.717, 1.165) is 5.69 Å². The van der Waals surface area contributed by atoms with E-state index in [4.69, 9.17) is 22.1 Å². The zero-order valence-electron chi connectivity index (χ0n) is 11.1. The fourth-order valence-electron chi connectivity index (χ4n) is 1.64. The lowest BCUT2D eigenvalue weighted by molar-refractivity contribution is 0.0527. The van der Waals surface area contributed by atoms with Crippen molar-refractivity contribution in [2.75, 3.05) is 17.7 Å². The number of esters is 1. The second kappa shape index (κ2) is 6.11. The van der Waals surface area contributed by atoms with Gasteiger partial charge in [-0.3, -0.25) is 0 Å². The molecule has 1 aromatic heterocycles. The van der Waals surface area contributed by atoms with Gasteiger partial charge < -0.3 is 15.8 Å². The molecule has 5 nitrogen and oxygen atoms in total. The molecule has 0 amide bonds. The van der Waals surface area contributed by atoms with Crippen molar-refractivity contribution in [1.82, 2.24) is 4.98 Å². The topological polar surface area (TPSA) is 77.2 Å². The molecule has 0 atom stereocenters. The molecule has 2 aromatic rings. The van der Waals surface area contributed by atoms with Crippen LogP contribution in [0.3, 0.4) is 0 Å². The number of hydrogen-bond donors (Lipinski definition) is 2.